The molecular weight excluding hydrogens is 232 g/mol. The molecule has 0 spiro atoms. The van der Waals surface area contributed by atoms with Crippen LogP contribution in [0.4, 0.5) is 11.6 Å². The van der Waals surface area contributed by atoms with Gasteiger partial charge in [-0.1, -0.05) is 5.16 Å². The van der Waals surface area contributed by atoms with Gasteiger partial charge in [0.15, 0.2) is 5.82 Å². The number of anilines is 2. The largest absolute Gasteiger partial charge is 0.399 e. The predicted molar refractivity (Wildman–Crippen MR) is 67.0 cm³/mol. The van der Waals surface area contributed by atoms with Gasteiger partial charge in [0.05, 0.1) is 11.0 Å². The van der Waals surface area contributed by atoms with Gasteiger partial charge in [-0.25, -0.2) is 4.98 Å². The van der Waals surface area contributed by atoms with Gasteiger partial charge in [-0.15, -0.1) is 0 Å². The molecule has 0 aliphatic rings. The van der Waals surface area contributed by atoms with Gasteiger partial charge in [0, 0.05) is 18.7 Å². The first kappa shape index (κ1) is 10.6. The van der Waals surface area contributed by atoms with Crippen LogP contribution in [0.25, 0.3) is 11.0 Å². The predicted octanol–water partition coefficient (Wildman–Crippen LogP) is 1.18. The summed E-state index contributed by atoms with van der Waals surface area (Å²) in [5.74, 6) is 1.38. The van der Waals surface area contributed by atoms with E-state index in [4.69, 9.17) is 5.73 Å². The van der Waals surface area contributed by atoms with E-state index in [0.717, 1.165) is 11.0 Å². The van der Waals surface area contributed by atoms with Crippen molar-refractivity contribution in [2.75, 3.05) is 17.6 Å². The van der Waals surface area contributed by atoms with E-state index < -0.39 is 0 Å². The third-order valence-electron chi connectivity index (χ3n) is 2.55. The summed E-state index contributed by atoms with van der Waals surface area (Å²) in [6.07, 6.45) is 2.00. The van der Waals surface area contributed by atoms with Gasteiger partial charge in [-0.3, -0.25) is 0 Å². The van der Waals surface area contributed by atoms with E-state index in [9.17, 15) is 0 Å². The highest BCUT2D eigenvalue weighted by Gasteiger charge is 2.03. The van der Waals surface area contributed by atoms with E-state index >= 15 is 0 Å². The highest BCUT2D eigenvalue weighted by atomic mass is 16.5. The third-order valence-corrected chi connectivity index (χ3v) is 2.55. The highest BCUT2D eigenvalue weighted by molar-refractivity contribution is 5.80. The van der Waals surface area contributed by atoms with Gasteiger partial charge in [0.2, 0.25) is 12.3 Å². The SMILES string of the molecule is Nc1ccc2nc(NCCc3ncon3)[nH]c2c1. The molecule has 3 aromatic rings. The fraction of sp³-hybridized carbons (Fsp3) is 0.182. The number of nitrogen functional groups attached to an aromatic ring is 1. The normalized spacial score (nSPS) is 10.9. The molecule has 2 heterocycles. The summed E-state index contributed by atoms with van der Waals surface area (Å²) in [5.41, 5.74) is 8.21. The molecule has 0 fully saturated rings. The smallest absolute Gasteiger partial charge is 0.213 e. The van der Waals surface area contributed by atoms with Gasteiger partial charge in [0.25, 0.3) is 0 Å². The van der Waals surface area contributed by atoms with Gasteiger partial charge in [0.1, 0.15) is 0 Å². The molecule has 0 aliphatic carbocycles. The molecule has 3 rings (SSSR count). The Labute approximate surface area is 102 Å². The number of H-pyrrole nitrogens is 1. The summed E-state index contributed by atoms with van der Waals surface area (Å²) < 4.78 is 4.65. The standard InChI is InChI=1S/C11H12N6O/c12-7-1-2-8-9(5-7)16-11(15-8)13-4-3-10-14-6-18-17-10/h1-2,5-6H,3-4,12H2,(H2,13,15,16). The number of nitrogens with zero attached hydrogens (tertiary/aromatic N) is 3. The highest BCUT2D eigenvalue weighted by Crippen LogP contribution is 2.16. The molecule has 18 heavy (non-hydrogen) atoms. The Bertz CT molecular complexity index is 645. The average molecular weight is 244 g/mol. The molecule has 0 atom stereocenters. The van der Waals surface area contributed by atoms with Crippen molar-refractivity contribution >= 4 is 22.7 Å². The summed E-state index contributed by atoms with van der Waals surface area (Å²) in [6, 6.07) is 5.56. The van der Waals surface area contributed by atoms with Gasteiger partial charge in [-0.05, 0) is 18.2 Å². The van der Waals surface area contributed by atoms with Crippen LogP contribution >= 0.6 is 0 Å². The molecule has 2 aromatic heterocycles. The Balaban J connectivity index is 1.67. The fourth-order valence-electron chi connectivity index (χ4n) is 1.71. The Morgan fingerprint density at radius 2 is 2.33 bits per heavy atom. The quantitative estimate of drug-likeness (QED) is 0.595. The number of hydrogen-bond acceptors (Lipinski definition) is 6. The first-order chi connectivity index (χ1) is 8.81. The zero-order chi connectivity index (χ0) is 12.4. The Morgan fingerprint density at radius 1 is 1.39 bits per heavy atom. The van der Waals surface area contributed by atoms with Crippen molar-refractivity contribution in [2.24, 2.45) is 0 Å². The summed E-state index contributed by atoms with van der Waals surface area (Å²) in [6.45, 7) is 0.675. The van der Waals surface area contributed by atoms with Crippen LogP contribution in [0.5, 0.6) is 0 Å². The maximum Gasteiger partial charge on any atom is 0.213 e. The van der Waals surface area contributed by atoms with Crippen LogP contribution in [-0.2, 0) is 6.42 Å². The second kappa shape index (κ2) is 4.36. The van der Waals surface area contributed by atoms with Gasteiger partial charge >= 0.3 is 0 Å². The molecular formula is C11H12N6O. The van der Waals surface area contributed by atoms with Crippen LogP contribution in [0, 0.1) is 0 Å². The van der Waals surface area contributed by atoms with Crippen LogP contribution in [0.2, 0.25) is 0 Å². The van der Waals surface area contributed by atoms with Crippen molar-refractivity contribution in [3.63, 3.8) is 0 Å². The van der Waals surface area contributed by atoms with Crippen molar-refractivity contribution in [3.05, 3.63) is 30.4 Å². The van der Waals surface area contributed by atoms with E-state index in [1.54, 1.807) is 0 Å². The number of benzene rings is 1. The minimum absolute atomic E-state index is 0.669. The minimum Gasteiger partial charge on any atom is -0.399 e. The van der Waals surface area contributed by atoms with Gasteiger partial charge in [-0.2, -0.15) is 4.98 Å². The lowest BCUT2D eigenvalue weighted by Gasteiger charge is -1.98. The monoisotopic (exact) mass is 244 g/mol. The molecule has 0 saturated heterocycles. The number of aromatic amines is 1. The molecule has 7 nitrogen and oxygen atoms in total. The van der Waals surface area contributed by atoms with Crippen LogP contribution < -0.4 is 11.1 Å². The van der Waals surface area contributed by atoms with Crippen molar-refractivity contribution in [1.29, 1.82) is 0 Å². The van der Waals surface area contributed by atoms with Crippen molar-refractivity contribution < 1.29 is 4.52 Å². The molecule has 0 unspecified atom stereocenters. The number of hydrogen-bond donors (Lipinski definition) is 3. The summed E-state index contributed by atoms with van der Waals surface area (Å²) in [5, 5.41) is 6.89. The van der Waals surface area contributed by atoms with Gasteiger partial charge < -0.3 is 20.6 Å². The summed E-state index contributed by atoms with van der Waals surface area (Å²) >= 11 is 0. The lowest BCUT2D eigenvalue weighted by Crippen LogP contribution is -2.06. The van der Waals surface area contributed by atoms with Crippen LogP contribution in [0.15, 0.2) is 29.1 Å². The molecule has 0 amide bonds. The first-order valence-corrected chi connectivity index (χ1v) is 5.55. The van der Waals surface area contributed by atoms with Crippen molar-refractivity contribution in [2.45, 2.75) is 6.42 Å². The Kier molecular flexibility index (Phi) is 2.56. The average Bonchev–Trinajstić information content (AvgIpc) is 2.97. The van der Waals surface area contributed by atoms with E-state index in [0.29, 0.717) is 30.4 Å². The molecule has 0 radical (unpaired) electrons. The summed E-state index contributed by atoms with van der Waals surface area (Å²) in [4.78, 5) is 11.5. The van der Waals surface area contributed by atoms with E-state index in [2.05, 4.69) is 29.9 Å². The molecule has 4 N–H and O–H groups in total. The van der Waals surface area contributed by atoms with Crippen LogP contribution in [-0.4, -0.2) is 26.7 Å². The maximum absolute atomic E-state index is 5.70. The van der Waals surface area contributed by atoms with Crippen molar-refractivity contribution in [1.82, 2.24) is 20.1 Å². The van der Waals surface area contributed by atoms with Crippen LogP contribution in [0.3, 0.4) is 0 Å². The molecule has 0 bridgehead atoms. The molecule has 1 aromatic carbocycles. The zero-order valence-corrected chi connectivity index (χ0v) is 9.55. The number of fused-ring (bicyclic) bond motifs is 1. The third kappa shape index (κ3) is 2.10. The topological polar surface area (TPSA) is 106 Å². The van der Waals surface area contributed by atoms with Crippen molar-refractivity contribution in [3.8, 4) is 0 Å². The van der Waals surface area contributed by atoms with E-state index in [-0.39, 0.29) is 0 Å². The number of rotatable bonds is 4. The van der Waals surface area contributed by atoms with E-state index in [1.807, 2.05) is 18.2 Å². The number of nitrogens with one attached hydrogen (secondary N) is 2. The zero-order valence-electron chi connectivity index (χ0n) is 9.55. The molecule has 0 saturated carbocycles. The maximum atomic E-state index is 5.70. The molecule has 92 valence electrons. The summed E-state index contributed by atoms with van der Waals surface area (Å²) in [7, 11) is 0. The van der Waals surface area contributed by atoms with E-state index in [1.165, 1.54) is 6.39 Å². The second-order valence-corrected chi connectivity index (χ2v) is 3.89. The molecule has 0 aliphatic heterocycles. The number of nitrogens with two attached hydrogens (primary N) is 1. The Morgan fingerprint density at radius 3 is 3.17 bits per heavy atom. The number of aromatic nitrogens is 4. The first-order valence-electron chi connectivity index (χ1n) is 5.55. The van der Waals surface area contributed by atoms with Crippen LogP contribution in [0.1, 0.15) is 5.82 Å². The second-order valence-electron chi connectivity index (χ2n) is 3.89. The Hall–Kier alpha value is -2.57. The fourth-order valence-corrected chi connectivity index (χ4v) is 1.71. The lowest BCUT2D eigenvalue weighted by molar-refractivity contribution is 0.410. The molecule has 7 heteroatoms. The number of imidazole rings is 1. The minimum atomic E-state index is 0.669. The lowest BCUT2D eigenvalue weighted by atomic mass is 10.3.